The predicted molar refractivity (Wildman–Crippen MR) is 95.5 cm³/mol. The summed E-state index contributed by atoms with van der Waals surface area (Å²) in [5.41, 5.74) is -0.00834. The summed E-state index contributed by atoms with van der Waals surface area (Å²) in [6, 6.07) is 14.1. The van der Waals surface area contributed by atoms with Crippen LogP contribution in [-0.2, 0) is 12.7 Å². The monoisotopic (exact) mass is 378 g/mol. The summed E-state index contributed by atoms with van der Waals surface area (Å²) < 4.78 is 39.2. The quantitative estimate of drug-likeness (QED) is 0.615. The van der Waals surface area contributed by atoms with Crippen molar-refractivity contribution in [3.8, 4) is 0 Å². The number of aromatic nitrogens is 2. The van der Waals surface area contributed by atoms with Gasteiger partial charge in [-0.1, -0.05) is 41.9 Å². The number of benzene rings is 2. The Balaban J connectivity index is 1.75. The highest BCUT2D eigenvalue weighted by molar-refractivity contribution is 6.31. The molecule has 2 N–H and O–H groups in total. The maximum Gasteiger partial charge on any atom is 0.418 e. The van der Waals surface area contributed by atoms with E-state index in [1.54, 1.807) is 12.1 Å². The summed E-state index contributed by atoms with van der Waals surface area (Å²) in [6.45, 7) is 0.426. The summed E-state index contributed by atoms with van der Waals surface area (Å²) in [5, 5.41) is 6.31. The first kappa shape index (κ1) is 18.0. The van der Waals surface area contributed by atoms with Gasteiger partial charge in [0.15, 0.2) is 0 Å². The van der Waals surface area contributed by atoms with E-state index in [2.05, 4.69) is 20.6 Å². The van der Waals surface area contributed by atoms with Crippen molar-refractivity contribution >= 4 is 29.1 Å². The lowest BCUT2D eigenvalue weighted by atomic mass is 10.1. The molecule has 2 aromatic carbocycles. The van der Waals surface area contributed by atoms with E-state index >= 15 is 0 Å². The fourth-order valence-electron chi connectivity index (χ4n) is 2.30. The van der Waals surface area contributed by atoms with Crippen molar-refractivity contribution in [3.63, 3.8) is 0 Å². The van der Waals surface area contributed by atoms with Gasteiger partial charge in [-0.3, -0.25) is 0 Å². The zero-order valence-corrected chi connectivity index (χ0v) is 14.1. The van der Waals surface area contributed by atoms with Gasteiger partial charge < -0.3 is 10.6 Å². The number of hydrogen-bond acceptors (Lipinski definition) is 4. The Hall–Kier alpha value is -2.80. The van der Waals surface area contributed by atoms with E-state index in [4.69, 9.17) is 11.6 Å². The molecule has 0 fully saturated rings. The van der Waals surface area contributed by atoms with Crippen LogP contribution in [0.4, 0.5) is 30.6 Å². The van der Waals surface area contributed by atoms with E-state index in [1.165, 1.54) is 24.4 Å². The number of alkyl halides is 3. The first-order valence-electron chi connectivity index (χ1n) is 7.67. The fraction of sp³-hybridized carbons (Fsp3) is 0.111. The highest BCUT2D eigenvalue weighted by atomic mass is 35.5. The van der Waals surface area contributed by atoms with Gasteiger partial charge in [-0.05, 0) is 29.8 Å². The van der Waals surface area contributed by atoms with E-state index < -0.39 is 11.7 Å². The van der Waals surface area contributed by atoms with Crippen LogP contribution in [0.3, 0.4) is 0 Å². The molecule has 0 radical (unpaired) electrons. The first-order valence-corrected chi connectivity index (χ1v) is 8.05. The number of rotatable bonds is 5. The Morgan fingerprint density at radius 3 is 2.46 bits per heavy atom. The molecule has 0 saturated heterocycles. The molecular formula is C18H14ClF3N4. The molecule has 0 aliphatic heterocycles. The molecule has 3 rings (SSSR count). The number of nitrogens with zero attached hydrogens (tertiary/aromatic N) is 2. The van der Waals surface area contributed by atoms with E-state index in [9.17, 15) is 13.2 Å². The molecule has 0 bridgehead atoms. The topological polar surface area (TPSA) is 49.8 Å². The minimum absolute atomic E-state index is 0.0610. The summed E-state index contributed by atoms with van der Waals surface area (Å²) >= 11 is 6.10. The van der Waals surface area contributed by atoms with Gasteiger partial charge >= 0.3 is 6.18 Å². The molecule has 26 heavy (non-hydrogen) atoms. The highest BCUT2D eigenvalue weighted by Gasteiger charge is 2.33. The van der Waals surface area contributed by atoms with Crippen molar-refractivity contribution in [2.45, 2.75) is 12.7 Å². The SMILES string of the molecule is FC(F)(F)c1ccccc1Nc1nccc(NCc2ccccc2Cl)n1. The van der Waals surface area contributed by atoms with Gasteiger partial charge in [0.05, 0.1) is 11.3 Å². The maximum atomic E-state index is 13.1. The van der Waals surface area contributed by atoms with E-state index in [0.29, 0.717) is 17.4 Å². The molecule has 4 nitrogen and oxygen atoms in total. The normalized spacial score (nSPS) is 11.2. The number of anilines is 3. The fourth-order valence-corrected chi connectivity index (χ4v) is 2.51. The number of para-hydroxylation sites is 1. The number of halogens is 4. The van der Waals surface area contributed by atoms with Crippen molar-refractivity contribution in [2.24, 2.45) is 0 Å². The molecule has 134 valence electrons. The van der Waals surface area contributed by atoms with Crippen LogP contribution in [-0.4, -0.2) is 9.97 Å². The Bertz CT molecular complexity index is 899. The third-order valence-electron chi connectivity index (χ3n) is 3.55. The van der Waals surface area contributed by atoms with Crippen molar-refractivity contribution in [3.05, 3.63) is 76.9 Å². The van der Waals surface area contributed by atoms with Crippen LogP contribution >= 0.6 is 11.6 Å². The number of hydrogen-bond donors (Lipinski definition) is 2. The van der Waals surface area contributed by atoms with Gasteiger partial charge in [0.2, 0.25) is 5.95 Å². The highest BCUT2D eigenvalue weighted by Crippen LogP contribution is 2.35. The molecule has 1 heterocycles. The second-order valence-electron chi connectivity index (χ2n) is 5.38. The van der Waals surface area contributed by atoms with Crippen LogP contribution in [0.15, 0.2) is 60.8 Å². The van der Waals surface area contributed by atoms with Crippen LogP contribution < -0.4 is 10.6 Å². The van der Waals surface area contributed by atoms with E-state index in [1.807, 2.05) is 18.2 Å². The van der Waals surface area contributed by atoms with Gasteiger partial charge in [0, 0.05) is 17.8 Å². The molecule has 0 aliphatic rings. The molecule has 1 aromatic heterocycles. The molecule has 0 saturated carbocycles. The summed E-state index contributed by atoms with van der Waals surface area (Å²) in [6.07, 6.45) is -3.01. The van der Waals surface area contributed by atoms with E-state index in [-0.39, 0.29) is 11.6 Å². The lowest BCUT2D eigenvalue weighted by molar-refractivity contribution is -0.136. The van der Waals surface area contributed by atoms with Crippen molar-refractivity contribution in [1.82, 2.24) is 9.97 Å². The van der Waals surface area contributed by atoms with Crippen molar-refractivity contribution in [2.75, 3.05) is 10.6 Å². The smallest absolute Gasteiger partial charge is 0.366 e. The Labute approximate surface area is 153 Å². The molecule has 3 aromatic rings. The molecular weight excluding hydrogens is 365 g/mol. The van der Waals surface area contributed by atoms with Gasteiger partial charge in [-0.25, -0.2) is 4.98 Å². The molecule has 0 aliphatic carbocycles. The third-order valence-corrected chi connectivity index (χ3v) is 3.92. The largest absolute Gasteiger partial charge is 0.418 e. The van der Waals surface area contributed by atoms with Crippen molar-refractivity contribution in [1.29, 1.82) is 0 Å². The van der Waals surface area contributed by atoms with Crippen LogP contribution in [0.5, 0.6) is 0 Å². The minimum atomic E-state index is -4.47. The lowest BCUT2D eigenvalue weighted by Gasteiger charge is -2.14. The Kier molecular flexibility index (Phi) is 5.27. The van der Waals surface area contributed by atoms with Gasteiger partial charge in [0.1, 0.15) is 5.82 Å². The van der Waals surface area contributed by atoms with Gasteiger partial charge in [-0.2, -0.15) is 18.2 Å². The molecule has 0 atom stereocenters. The van der Waals surface area contributed by atoms with Crippen LogP contribution in [0, 0.1) is 0 Å². The molecule has 0 spiro atoms. The third kappa shape index (κ3) is 4.43. The van der Waals surface area contributed by atoms with Crippen LogP contribution in [0.2, 0.25) is 5.02 Å². The standard InChI is InChI=1S/C18H14ClF3N4/c19-14-7-3-1-5-12(14)11-24-16-9-10-23-17(26-16)25-15-8-4-2-6-13(15)18(20,21)22/h1-10H,11H2,(H2,23,24,25,26). The zero-order chi connectivity index (χ0) is 18.6. The average Bonchev–Trinajstić information content (AvgIpc) is 2.61. The van der Waals surface area contributed by atoms with E-state index in [0.717, 1.165) is 11.6 Å². The van der Waals surface area contributed by atoms with Crippen LogP contribution in [0.1, 0.15) is 11.1 Å². The zero-order valence-electron chi connectivity index (χ0n) is 13.4. The summed E-state index contributed by atoms with van der Waals surface area (Å²) in [7, 11) is 0. The van der Waals surface area contributed by atoms with Crippen molar-refractivity contribution < 1.29 is 13.2 Å². The van der Waals surface area contributed by atoms with Gasteiger partial charge in [-0.15, -0.1) is 0 Å². The Morgan fingerprint density at radius 2 is 1.69 bits per heavy atom. The first-order chi connectivity index (χ1) is 12.4. The lowest BCUT2D eigenvalue weighted by Crippen LogP contribution is -2.10. The maximum absolute atomic E-state index is 13.1. The second-order valence-corrected chi connectivity index (χ2v) is 5.79. The molecule has 0 unspecified atom stereocenters. The van der Waals surface area contributed by atoms with Crippen LogP contribution in [0.25, 0.3) is 0 Å². The minimum Gasteiger partial charge on any atom is -0.366 e. The predicted octanol–water partition coefficient (Wildman–Crippen LogP) is 5.50. The molecule has 0 amide bonds. The second kappa shape index (κ2) is 7.61. The molecule has 8 heteroatoms. The summed E-state index contributed by atoms with van der Waals surface area (Å²) in [4.78, 5) is 8.17. The van der Waals surface area contributed by atoms with Gasteiger partial charge in [0.25, 0.3) is 0 Å². The summed E-state index contributed by atoms with van der Waals surface area (Å²) in [5.74, 6) is 0.526. The Morgan fingerprint density at radius 1 is 0.962 bits per heavy atom. The number of nitrogens with one attached hydrogen (secondary N) is 2. The average molecular weight is 379 g/mol.